The van der Waals surface area contributed by atoms with E-state index < -0.39 is 25.4 Å². The lowest BCUT2D eigenvalue weighted by Crippen LogP contribution is -2.46. The molecular formula is C13H20N2O4S2. The molecule has 0 bridgehead atoms. The van der Waals surface area contributed by atoms with Gasteiger partial charge in [-0.1, -0.05) is 6.07 Å². The van der Waals surface area contributed by atoms with E-state index in [1.54, 1.807) is 13.0 Å². The molecule has 1 aromatic carbocycles. The van der Waals surface area contributed by atoms with Crippen LogP contribution < -0.4 is 10.5 Å². The molecule has 0 radical (unpaired) electrons. The Bertz CT molecular complexity index is 756. The molecule has 2 rings (SSSR count). The second-order valence-corrected chi connectivity index (χ2v) is 9.67. The first kappa shape index (κ1) is 16.4. The molecule has 1 aliphatic heterocycles. The van der Waals surface area contributed by atoms with E-state index >= 15 is 0 Å². The van der Waals surface area contributed by atoms with Crippen LogP contribution in [-0.4, -0.2) is 33.9 Å². The molecule has 118 valence electrons. The molecule has 1 aliphatic rings. The number of sulfone groups is 1. The van der Waals surface area contributed by atoms with E-state index in [-0.39, 0.29) is 29.4 Å². The van der Waals surface area contributed by atoms with Gasteiger partial charge in [0.05, 0.1) is 16.4 Å². The van der Waals surface area contributed by atoms with Crippen molar-refractivity contribution in [1.82, 2.24) is 4.72 Å². The van der Waals surface area contributed by atoms with Crippen LogP contribution in [0.15, 0.2) is 23.1 Å². The number of nitrogens with two attached hydrogens (primary N) is 1. The SMILES string of the molecule is Cc1ccc(S(=O)(=O)NC2(C)CCS(=O)(=O)C2)cc1CN. The summed E-state index contributed by atoms with van der Waals surface area (Å²) in [5.41, 5.74) is 6.31. The molecule has 6 nitrogen and oxygen atoms in total. The van der Waals surface area contributed by atoms with Crippen LogP contribution in [0, 0.1) is 6.92 Å². The van der Waals surface area contributed by atoms with Crippen molar-refractivity contribution in [3.05, 3.63) is 29.3 Å². The molecule has 0 amide bonds. The Hall–Kier alpha value is -0.960. The van der Waals surface area contributed by atoms with Gasteiger partial charge in [-0.15, -0.1) is 0 Å². The first-order valence-electron chi connectivity index (χ1n) is 6.61. The maximum atomic E-state index is 12.4. The van der Waals surface area contributed by atoms with E-state index in [1.165, 1.54) is 12.1 Å². The summed E-state index contributed by atoms with van der Waals surface area (Å²) >= 11 is 0. The normalized spacial score (nSPS) is 25.1. The number of aryl methyl sites for hydroxylation is 1. The van der Waals surface area contributed by atoms with Crippen LogP contribution in [-0.2, 0) is 26.4 Å². The molecule has 0 aliphatic carbocycles. The second kappa shape index (κ2) is 5.35. The van der Waals surface area contributed by atoms with Crippen LogP contribution in [0.1, 0.15) is 24.5 Å². The number of rotatable bonds is 4. The quantitative estimate of drug-likeness (QED) is 0.825. The third-order valence-corrected chi connectivity index (χ3v) is 7.27. The Balaban J connectivity index is 2.31. The van der Waals surface area contributed by atoms with E-state index in [1.807, 2.05) is 6.92 Å². The van der Waals surface area contributed by atoms with Crippen molar-refractivity contribution >= 4 is 19.9 Å². The summed E-state index contributed by atoms with van der Waals surface area (Å²) in [6.07, 6.45) is 0.282. The first-order chi connectivity index (χ1) is 9.57. The predicted molar refractivity (Wildman–Crippen MR) is 81.1 cm³/mol. The smallest absolute Gasteiger partial charge is 0.241 e. The minimum Gasteiger partial charge on any atom is -0.326 e. The van der Waals surface area contributed by atoms with Crippen molar-refractivity contribution < 1.29 is 16.8 Å². The third-order valence-electron chi connectivity index (χ3n) is 3.73. The molecule has 3 N–H and O–H groups in total. The fraction of sp³-hybridized carbons (Fsp3) is 0.538. The number of benzene rings is 1. The van der Waals surface area contributed by atoms with Crippen LogP contribution in [0.3, 0.4) is 0 Å². The maximum absolute atomic E-state index is 12.4. The van der Waals surface area contributed by atoms with Crippen LogP contribution in [0.2, 0.25) is 0 Å². The lowest BCUT2D eigenvalue weighted by molar-refractivity contribution is 0.461. The average Bonchev–Trinajstić information content (AvgIpc) is 2.62. The third kappa shape index (κ3) is 3.63. The standard InChI is InChI=1S/C13H20N2O4S2/c1-10-3-4-12(7-11(10)8-14)21(18,19)15-13(2)5-6-20(16,17)9-13/h3-4,7,15H,5-6,8-9,14H2,1-2H3. The topological polar surface area (TPSA) is 106 Å². The zero-order valence-corrected chi connectivity index (χ0v) is 13.7. The van der Waals surface area contributed by atoms with Crippen molar-refractivity contribution in [3.63, 3.8) is 0 Å². The summed E-state index contributed by atoms with van der Waals surface area (Å²) in [5, 5.41) is 0. The van der Waals surface area contributed by atoms with Gasteiger partial charge >= 0.3 is 0 Å². The van der Waals surface area contributed by atoms with Gasteiger partial charge in [-0.3, -0.25) is 0 Å². The second-order valence-electron chi connectivity index (χ2n) is 5.80. The van der Waals surface area contributed by atoms with Crippen LogP contribution in [0.5, 0.6) is 0 Å². The fourth-order valence-corrected chi connectivity index (χ4v) is 6.18. The summed E-state index contributed by atoms with van der Waals surface area (Å²) < 4.78 is 50.5. The monoisotopic (exact) mass is 332 g/mol. The Labute approximate surface area is 125 Å². The van der Waals surface area contributed by atoms with Gasteiger partial charge in [0.25, 0.3) is 0 Å². The van der Waals surface area contributed by atoms with Gasteiger partial charge < -0.3 is 5.73 Å². The Kier molecular flexibility index (Phi) is 4.18. The van der Waals surface area contributed by atoms with Crippen molar-refractivity contribution in [3.8, 4) is 0 Å². The molecule has 8 heteroatoms. The van der Waals surface area contributed by atoms with E-state index in [0.717, 1.165) is 11.1 Å². The van der Waals surface area contributed by atoms with Crippen molar-refractivity contribution in [2.24, 2.45) is 5.73 Å². The highest BCUT2D eigenvalue weighted by molar-refractivity contribution is 7.92. The fourth-order valence-electron chi connectivity index (χ4n) is 2.51. The Morgan fingerprint density at radius 2 is 2.05 bits per heavy atom. The first-order valence-corrected chi connectivity index (χ1v) is 9.91. The van der Waals surface area contributed by atoms with Gasteiger partial charge in [-0.25, -0.2) is 21.6 Å². The molecule has 1 atom stereocenters. The van der Waals surface area contributed by atoms with Crippen molar-refractivity contribution in [2.45, 2.75) is 37.2 Å². The van der Waals surface area contributed by atoms with Crippen LogP contribution >= 0.6 is 0 Å². The van der Waals surface area contributed by atoms with Gasteiger partial charge in [0, 0.05) is 12.1 Å². The number of hydrogen-bond acceptors (Lipinski definition) is 5. The van der Waals surface area contributed by atoms with Gasteiger partial charge in [-0.05, 0) is 43.5 Å². The summed E-state index contributed by atoms with van der Waals surface area (Å²) in [7, 11) is -6.95. The molecule has 1 aromatic rings. The lowest BCUT2D eigenvalue weighted by Gasteiger charge is -2.23. The average molecular weight is 332 g/mol. The summed E-state index contributed by atoms with van der Waals surface area (Å²) in [5.74, 6) is -0.164. The zero-order chi connectivity index (χ0) is 15.9. The lowest BCUT2D eigenvalue weighted by atomic mass is 10.0. The zero-order valence-electron chi connectivity index (χ0n) is 12.1. The van der Waals surface area contributed by atoms with Gasteiger partial charge in [-0.2, -0.15) is 0 Å². The van der Waals surface area contributed by atoms with Crippen molar-refractivity contribution in [2.75, 3.05) is 11.5 Å². The molecule has 0 aromatic heterocycles. The van der Waals surface area contributed by atoms with E-state index in [0.29, 0.717) is 0 Å². The summed E-state index contributed by atoms with van der Waals surface area (Å²) in [4.78, 5) is 0.110. The predicted octanol–water partition coefficient (Wildman–Crippen LogP) is 0.309. The minimum absolute atomic E-state index is 0.00790. The van der Waals surface area contributed by atoms with Crippen LogP contribution in [0.4, 0.5) is 0 Å². The summed E-state index contributed by atoms with van der Waals surface area (Å²) in [6.45, 7) is 3.73. The minimum atomic E-state index is -3.77. The van der Waals surface area contributed by atoms with E-state index in [4.69, 9.17) is 5.73 Å². The number of nitrogens with one attached hydrogen (secondary N) is 1. The number of hydrogen-bond donors (Lipinski definition) is 2. The Morgan fingerprint density at radius 3 is 2.57 bits per heavy atom. The summed E-state index contributed by atoms with van der Waals surface area (Å²) in [6, 6.07) is 4.73. The van der Waals surface area contributed by atoms with Crippen LogP contribution in [0.25, 0.3) is 0 Å². The molecule has 1 heterocycles. The van der Waals surface area contributed by atoms with Crippen molar-refractivity contribution in [1.29, 1.82) is 0 Å². The molecule has 0 saturated carbocycles. The highest BCUT2D eigenvalue weighted by atomic mass is 32.2. The number of sulfonamides is 1. The van der Waals surface area contributed by atoms with Gasteiger partial charge in [0.2, 0.25) is 10.0 Å². The molecule has 1 fully saturated rings. The molecule has 1 saturated heterocycles. The van der Waals surface area contributed by atoms with Gasteiger partial charge in [0.15, 0.2) is 9.84 Å². The highest BCUT2D eigenvalue weighted by Gasteiger charge is 2.41. The van der Waals surface area contributed by atoms with E-state index in [9.17, 15) is 16.8 Å². The Morgan fingerprint density at radius 1 is 1.38 bits per heavy atom. The molecule has 1 unspecified atom stereocenters. The van der Waals surface area contributed by atoms with Gasteiger partial charge in [0.1, 0.15) is 0 Å². The molecular weight excluding hydrogens is 312 g/mol. The highest BCUT2D eigenvalue weighted by Crippen LogP contribution is 2.25. The molecule has 0 spiro atoms. The maximum Gasteiger partial charge on any atom is 0.241 e. The largest absolute Gasteiger partial charge is 0.326 e. The molecule has 21 heavy (non-hydrogen) atoms. The van der Waals surface area contributed by atoms with E-state index in [2.05, 4.69) is 4.72 Å².